The first-order valence-corrected chi connectivity index (χ1v) is 6.93. The summed E-state index contributed by atoms with van der Waals surface area (Å²) in [5, 5.41) is 1.45. The van der Waals surface area contributed by atoms with Gasteiger partial charge in [0.05, 0.1) is 12.7 Å². The zero-order valence-electron chi connectivity index (χ0n) is 11.1. The molecule has 0 aromatic heterocycles. The van der Waals surface area contributed by atoms with E-state index in [1.54, 1.807) is 0 Å². The van der Waals surface area contributed by atoms with Crippen LogP contribution >= 0.6 is 48.0 Å². The van der Waals surface area contributed by atoms with Crippen molar-refractivity contribution >= 4 is 48.0 Å². The van der Waals surface area contributed by atoms with Crippen LogP contribution in [0, 0.1) is 0 Å². The molecule has 1 aromatic rings. The van der Waals surface area contributed by atoms with Gasteiger partial charge in [-0.05, 0) is 25.1 Å². The minimum absolute atomic E-state index is 0. The van der Waals surface area contributed by atoms with Gasteiger partial charge in [-0.3, -0.25) is 4.90 Å². The Balaban J connectivity index is 0.00000180. The second-order valence-corrected chi connectivity index (χ2v) is 5.32. The monoisotopic (exact) mass is 360 g/mol. The first kappa shape index (κ1) is 20.3. The molecule has 1 aliphatic heterocycles. The summed E-state index contributed by atoms with van der Waals surface area (Å²) < 4.78 is 5.66. The Hall–Kier alpha value is 0.260. The fraction of sp³-hybridized carbons (Fsp3) is 0.538. The third-order valence-corrected chi connectivity index (χ3v) is 3.86. The summed E-state index contributed by atoms with van der Waals surface area (Å²) in [5.74, 6) is 0. The summed E-state index contributed by atoms with van der Waals surface area (Å²) in [5.41, 5.74) is 6.56. The molecule has 1 heterocycles. The van der Waals surface area contributed by atoms with E-state index in [0.717, 1.165) is 48.3 Å². The first-order chi connectivity index (χ1) is 8.70. The van der Waals surface area contributed by atoms with Crippen molar-refractivity contribution in [1.29, 1.82) is 0 Å². The second-order valence-electron chi connectivity index (χ2n) is 4.51. The Bertz CT molecular complexity index is 384. The number of hydrogen-bond donors (Lipinski definition) is 1. The predicted molar refractivity (Wildman–Crippen MR) is 89.6 cm³/mol. The van der Waals surface area contributed by atoms with Gasteiger partial charge in [0, 0.05) is 35.2 Å². The standard InChI is InChI=1S/C13H18Cl2N2O.2ClH/c14-12-2-1-3-13(15)11(12)9-17-6-7-18-10(8-17)4-5-16;;/h1-3,10H,4-9,16H2;2*1H. The maximum atomic E-state index is 6.18. The van der Waals surface area contributed by atoms with E-state index in [2.05, 4.69) is 4.90 Å². The van der Waals surface area contributed by atoms with E-state index in [-0.39, 0.29) is 30.9 Å². The lowest BCUT2D eigenvalue weighted by Crippen LogP contribution is -2.42. The molecule has 116 valence electrons. The highest BCUT2D eigenvalue weighted by Crippen LogP contribution is 2.26. The van der Waals surface area contributed by atoms with E-state index < -0.39 is 0 Å². The number of benzene rings is 1. The molecule has 0 radical (unpaired) electrons. The topological polar surface area (TPSA) is 38.5 Å². The summed E-state index contributed by atoms with van der Waals surface area (Å²) >= 11 is 12.4. The summed E-state index contributed by atoms with van der Waals surface area (Å²) in [6.45, 7) is 3.96. The van der Waals surface area contributed by atoms with Crippen molar-refractivity contribution in [3.05, 3.63) is 33.8 Å². The zero-order valence-corrected chi connectivity index (χ0v) is 14.2. The van der Waals surface area contributed by atoms with Crippen LogP contribution in [0.3, 0.4) is 0 Å². The molecule has 1 aromatic carbocycles. The lowest BCUT2D eigenvalue weighted by molar-refractivity contribution is -0.0335. The minimum atomic E-state index is 0. The number of ether oxygens (including phenoxy) is 1. The van der Waals surface area contributed by atoms with E-state index in [9.17, 15) is 0 Å². The van der Waals surface area contributed by atoms with Gasteiger partial charge in [0.1, 0.15) is 0 Å². The molecule has 0 spiro atoms. The Kier molecular flexibility index (Phi) is 10.2. The maximum absolute atomic E-state index is 6.18. The molecule has 20 heavy (non-hydrogen) atoms. The average Bonchev–Trinajstić information content (AvgIpc) is 2.35. The summed E-state index contributed by atoms with van der Waals surface area (Å²) in [6.07, 6.45) is 1.12. The van der Waals surface area contributed by atoms with Crippen LogP contribution in [0.15, 0.2) is 18.2 Å². The van der Waals surface area contributed by atoms with Crippen molar-refractivity contribution in [2.24, 2.45) is 5.73 Å². The van der Waals surface area contributed by atoms with Crippen molar-refractivity contribution in [3.63, 3.8) is 0 Å². The SMILES string of the molecule is Cl.Cl.NCCC1CN(Cc2c(Cl)cccc2Cl)CCO1. The number of halogens is 4. The number of morpholine rings is 1. The molecule has 2 rings (SSSR count). The van der Waals surface area contributed by atoms with Gasteiger partial charge in [-0.2, -0.15) is 0 Å². The fourth-order valence-electron chi connectivity index (χ4n) is 2.19. The van der Waals surface area contributed by atoms with Crippen molar-refractivity contribution < 1.29 is 4.74 Å². The van der Waals surface area contributed by atoms with Crippen molar-refractivity contribution in [2.75, 3.05) is 26.2 Å². The Morgan fingerprint density at radius 1 is 1.25 bits per heavy atom. The van der Waals surface area contributed by atoms with Crippen LogP contribution in [0.25, 0.3) is 0 Å². The highest BCUT2D eigenvalue weighted by Gasteiger charge is 2.21. The van der Waals surface area contributed by atoms with Crippen LogP contribution in [-0.2, 0) is 11.3 Å². The lowest BCUT2D eigenvalue weighted by atomic mass is 10.1. The third-order valence-electron chi connectivity index (χ3n) is 3.15. The van der Waals surface area contributed by atoms with Gasteiger partial charge in [0.25, 0.3) is 0 Å². The Morgan fingerprint density at radius 3 is 2.50 bits per heavy atom. The molecule has 2 N–H and O–H groups in total. The van der Waals surface area contributed by atoms with Crippen LogP contribution in [0.4, 0.5) is 0 Å². The molecular formula is C13H20Cl4N2O. The fourth-order valence-corrected chi connectivity index (χ4v) is 2.71. The van der Waals surface area contributed by atoms with Crippen molar-refractivity contribution in [1.82, 2.24) is 4.90 Å². The van der Waals surface area contributed by atoms with Crippen LogP contribution < -0.4 is 5.73 Å². The second kappa shape index (κ2) is 10.1. The highest BCUT2D eigenvalue weighted by molar-refractivity contribution is 6.35. The molecule has 1 saturated heterocycles. The molecule has 0 saturated carbocycles. The lowest BCUT2D eigenvalue weighted by Gasteiger charge is -2.33. The zero-order chi connectivity index (χ0) is 13.0. The molecule has 0 amide bonds. The van der Waals surface area contributed by atoms with E-state index >= 15 is 0 Å². The number of hydrogen-bond acceptors (Lipinski definition) is 3. The predicted octanol–water partition coefficient (Wildman–Crippen LogP) is 3.39. The number of nitrogens with zero attached hydrogens (tertiary/aromatic N) is 1. The van der Waals surface area contributed by atoms with Crippen LogP contribution in [0.1, 0.15) is 12.0 Å². The molecule has 1 atom stereocenters. The van der Waals surface area contributed by atoms with E-state index in [1.165, 1.54) is 0 Å². The van der Waals surface area contributed by atoms with E-state index in [0.29, 0.717) is 6.54 Å². The largest absolute Gasteiger partial charge is 0.376 e. The quantitative estimate of drug-likeness (QED) is 0.893. The van der Waals surface area contributed by atoms with Gasteiger partial charge < -0.3 is 10.5 Å². The van der Waals surface area contributed by atoms with Gasteiger partial charge in [-0.1, -0.05) is 29.3 Å². The van der Waals surface area contributed by atoms with Gasteiger partial charge in [0.2, 0.25) is 0 Å². The smallest absolute Gasteiger partial charge is 0.0714 e. The summed E-state index contributed by atoms with van der Waals surface area (Å²) in [6, 6.07) is 5.62. The number of nitrogens with two attached hydrogens (primary N) is 1. The highest BCUT2D eigenvalue weighted by atomic mass is 35.5. The van der Waals surface area contributed by atoms with Gasteiger partial charge in [-0.15, -0.1) is 24.8 Å². The molecule has 0 bridgehead atoms. The summed E-state index contributed by atoms with van der Waals surface area (Å²) in [7, 11) is 0. The maximum Gasteiger partial charge on any atom is 0.0714 e. The van der Waals surface area contributed by atoms with E-state index in [4.69, 9.17) is 33.7 Å². The van der Waals surface area contributed by atoms with Crippen molar-refractivity contribution in [2.45, 2.75) is 19.1 Å². The normalized spacial score (nSPS) is 19.1. The molecule has 1 aliphatic rings. The van der Waals surface area contributed by atoms with Crippen LogP contribution in [0.5, 0.6) is 0 Å². The molecular weight excluding hydrogens is 342 g/mol. The van der Waals surface area contributed by atoms with Gasteiger partial charge in [0.15, 0.2) is 0 Å². The molecule has 1 unspecified atom stereocenters. The Morgan fingerprint density at radius 2 is 1.90 bits per heavy atom. The van der Waals surface area contributed by atoms with E-state index in [1.807, 2.05) is 18.2 Å². The first-order valence-electron chi connectivity index (χ1n) is 6.17. The average molecular weight is 362 g/mol. The molecule has 1 fully saturated rings. The minimum Gasteiger partial charge on any atom is -0.376 e. The Labute approximate surface area is 142 Å². The van der Waals surface area contributed by atoms with Crippen LogP contribution in [-0.4, -0.2) is 37.2 Å². The summed E-state index contributed by atoms with van der Waals surface area (Å²) in [4.78, 5) is 2.32. The third kappa shape index (κ3) is 5.57. The number of rotatable bonds is 4. The molecule has 3 nitrogen and oxygen atoms in total. The van der Waals surface area contributed by atoms with Crippen LogP contribution in [0.2, 0.25) is 10.0 Å². The van der Waals surface area contributed by atoms with Gasteiger partial charge >= 0.3 is 0 Å². The van der Waals surface area contributed by atoms with Crippen molar-refractivity contribution in [3.8, 4) is 0 Å². The van der Waals surface area contributed by atoms with Gasteiger partial charge in [-0.25, -0.2) is 0 Å². The molecule has 0 aliphatic carbocycles. The molecule has 7 heteroatoms.